The minimum absolute atomic E-state index is 0.00613. The third-order valence-electron chi connectivity index (χ3n) is 4.69. The maximum absolute atomic E-state index is 10.2. The van der Waals surface area contributed by atoms with Crippen LogP contribution >= 0.6 is 11.6 Å². The standard InChI is InChI=1S/C22H26ClN3O4/c1-29-21-13-17-16(12-19(21)28)22(25-14-24-17)26-18-11-15(23)7-8-20(18)30-10-6-4-2-3-5-9-27/h7-8,11-14,27-28H,2-6,9-10H2,1H3,(H,24,25,26). The molecule has 8 heteroatoms. The second-order valence-corrected chi connectivity index (χ2v) is 7.31. The number of phenols is 1. The van der Waals surface area contributed by atoms with Crippen molar-refractivity contribution in [1.82, 2.24) is 9.97 Å². The highest BCUT2D eigenvalue weighted by Crippen LogP contribution is 2.36. The Morgan fingerprint density at radius 3 is 2.60 bits per heavy atom. The highest BCUT2D eigenvalue weighted by atomic mass is 35.5. The van der Waals surface area contributed by atoms with Crippen molar-refractivity contribution in [3.8, 4) is 17.2 Å². The van der Waals surface area contributed by atoms with E-state index >= 15 is 0 Å². The van der Waals surface area contributed by atoms with Gasteiger partial charge in [-0.05, 0) is 37.1 Å². The Labute approximate surface area is 180 Å². The van der Waals surface area contributed by atoms with Crippen molar-refractivity contribution in [3.05, 3.63) is 41.7 Å². The number of aromatic nitrogens is 2. The van der Waals surface area contributed by atoms with Gasteiger partial charge in [0.05, 0.1) is 24.9 Å². The number of fused-ring (bicyclic) bond motifs is 1. The third kappa shape index (κ3) is 5.64. The molecule has 2 aromatic carbocycles. The minimum atomic E-state index is 0.00613. The fourth-order valence-electron chi connectivity index (χ4n) is 3.12. The molecule has 3 rings (SSSR count). The number of aromatic hydroxyl groups is 1. The molecule has 0 bridgehead atoms. The molecule has 0 amide bonds. The summed E-state index contributed by atoms with van der Waals surface area (Å²) in [4.78, 5) is 8.56. The zero-order valence-corrected chi connectivity index (χ0v) is 17.7. The average Bonchev–Trinajstić information content (AvgIpc) is 2.74. The van der Waals surface area contributed by atoms with E-state index in [4.69, 9.17) is 26.2 Å². The molecule has 0 aliphatic carbocycles. The zero-order valence-electron chi connectivity index (χ0n) is 16.9. The van der Waals surface area contributed by atoms with Crippen LogP contribution in [0.2, 0.25) is 5.02 Å². The van der Waals surface area contributed by atoms with E-state index in [1.54, 1.807) is 24.3 Å². The maximum atomic E-state index is 10.2. The second kappa shape index (κ2) is 10.8. The monoisotopic (exact) mass is 431 g/mol. The Hall–Kier alpha value is -2.77. The van der Waals surface area contributed by atoms with Gasteiger partial charge in [-0.25, -0.2) is 9.97 Å². The summed E-state index contributed by atoms with van der Waals surface area (Å²) in [6.07, 6.45) is 6.38. The van der Waals surface area contributed by atoms with Crippen molar-refractivity contribution in [1.29, 1.82) is 0 Å². The number of hydrogen-bond acceptors (Lipinski definition) is 7. The molecule has 3 aromatic rings. The molecule has 0 spiro atoms. The van der Waals surface area contributed by atoms with Crippen LogP contribution in [0.1, 0.15) is 32.1 Å². The number of anilines is 2. The van der Waals surface area contributed by atoms with E-state index in [-0.39, 0.29) is 12.4 Å². The molecule has 160 valence electrons. The SMILES string of the molecule is COc1cc2ncnc(Nc3cc(Cl)ccc3OCCCCCCCO)c2cc1O. The van der Waals surface area contributed by atoms with Crippen molar-refractivity contribution < 1.29 is 19.7 Å². The van der Waals surface area contributed by atoms with E-state index in [9.17, 15) is 5.11 Å². The van der Waals surface area contributed by atoms with Gasteiger partial charge in [0.15, 0.2) is 11.5 Å². The van der Waals surface area contributed by atoms with Crippen LogP contribution < -0.4 is 14.8 Å². The quantitative estimate of drug-likeness (QED) is 0.365. The molecule has 0 aliphatic rings. The summed E-state index contributed by atoms with van der Waals surface area (Å²) in [5.74, 6) is 1.54. The number of methoxy groups -OCH3 is 1. The summed E-state index contributed by atoms with van der Waals surface area (Å²) < 4.78 is 11.1. The van der Waals surface area contributed by atoms with E-state index in [2.05, 4.69) is 15.3 Å². The summed E-state index contributed by atoms with van der Waals surface area (Å²) in [6, 6.07) is 8.59. The van der Waals surface area contributed by atoms with Gasteiger partial charge in [-0.1, -0.05) is 30.9 Å². The first-order valence-electron chi connectivity index (χ1n) is 9.94. The first kappa shape index (κ1) is 21.9. The summed E-state index contributed by atoms with van der Waals surface area (Å²) in [5, 5.41) is 23.4. The summed E-state index contributed by atoms with van der Waals surface area (Å²) in [7, 11) is 1.49. The highest BCUT2D eigenvalue weighted by molar-refractivity contribution is 6.31. The van der Waals surface area contributed by atoms with Crippen LogP contribution in [-0.2, 0) is 0 Å². The fraction of sp³-hybridized carbons (Fsp3) is 0.364. The lowest BCUT2D eigenvalue weighted by Gasteiger charge is -2.15. The second-order valence-electron chi connectivity index (χ2n) is 6.87. The molecule has 0 atom stereocenters. The topological polar surface area (TPSA) is 96.7 Å². The van der Waals surface area contributed by atoms with Crippen LogP contribution in [0.25, 0.3) is 10.9 Å². The largest absolute Gasteiger partial charge is 0.504 e. The Bertz CT molecular complexity index is 984. The van der Waals surface area contributed by atoms with Crippen molar-refractivity contribution in [2.45, 2.75) is 32.1 Å². The Morgan fingerprint density at radius 2 is 1.80 bits per heavy atom. The zero-order chi connectivity index (χ0) is 21.3. The molecule has 30 heavy (non-hydrogen) atoms. The number of ether oxygens (including phenoxy) is 2. The van der Waals surface area contributed by atoms with Gasteiger partial charge >= 0.3 is 0 Å². The van der Waals surface area contributed by atoms with E-state index in [1.165, 1.54) is 13.4 Å². The number of halogens is 1. The van der Waals surface area contributed by atoms with Gasteiger partial charge in [-0.2, -0.15) is 0 Å². The molecular weight excluding hydrogens is 406 g/mol. The van der Waals surface area contributed by atoms with Gasteiger partial charge in [0.2, 0.25) is 0 Å². The third-order valence-corrected chi connectivity index (χ3v) is 4.93. The number of aliphatic hydroxyl groups is 1. The molecule has 1 heterocycles. The van der Waals surface area contributed by atoms with Crippen molar-refractivity contribution in [3.63, 3.8) is 0 Å². The van der Waals surface area contributed by atoms with Crippen molar-refractivity contribution >= 4 is 34.0 Å². The predicted octanol–water partition coefficient (Wildman–Crippen LogP) is 5.06. The summed E-state index contributed by atoms with van der Waals surface area (Å²) in [5.41, 5.74) is 1.31. The van der Waals surface area contributed by atoms with Gasteiger partial charge in [0.1, 0.15) is 17.9 Å². The first-order chi connectivity index (χ1) is 14.6. The van der Waals surface area contributed by atoms with Crippen LogP contribution in [-0.4, -0.2) is 40.5 Å². The lowest BCUT2D eigenvalue weighted by atomic mass is 10.1. The summed E-state index contributed by atoms with van der Waals surface area (Å²) in [6.45, 7) is 0.830. The van der Waals surface area contributed by atoms with Crippen LogP contribution in [0.4, 0.5) is 11.5 Å². The number of nitrogens with one attached hydrogen (secondary N) is 1. The summed E-state index contributed by atoms with van der Waals surface area (Å²) >= 11 is 6.19. The van der Waals surface area contributed by atoms with Gasteiger partial charge in [-0.3, -0.25) is 0 Å². The van der Waals surface area contributed by atoms with Crippen molar-refractivity contribution in [2.75, 3.05) is 25.6 Å². The van der Waals surface area contributed by atoms with E-state index < -0.39 is 0 Å². The smallest absolute Gasteiger partial charge is 0.162 e. The molecule has 0 radical (unpaired) electrons. The maximum Gasteiger partial charge on any atom is 0.162 e. The van der Waals surface area contributed by atoms with Crippen LogP contribution in [0.5, 0.6) is 17.2 Å². The average molecular weight is 432 g/mol. The normalized spacial score (nSPS) is 10.9. The van der Waals surface area contributed by atoms with Gasteiger partial charge in [0, 0.05) is 23.1 Å². The van der Waals surface area contributed by atoms with E-state index in [0.717, 1.165) is 32.1 Å². The first-order valence-corrected chi connectivity index (χ1v) is 10.3. The lowest BCUT2D eigenvalue weighted by molar-refractivity contribution is 0.278. The Morgan fingerprint density at radius 1 is 1.00 bits per heavy atom. The highest BCUT2D eigenvalue weighted by Gasteiger charge is 2.12. The van der Waals surface area contributed by atoms with E-state index in [0.29, 0.717) is 45.5 Å². The molecule has 7 nitrogen and oxygen atoms in total. The minimum Gasteiger partial charge on any atom is -0.504 e. The van der Waals surface area contributed by atoms with Crippen LogP contribution in [0.15, 0.2) is 36.7 Å². The molecule has 1 aromatic heterocycles. The number of unbranched alkanes of at least 4 members (excludes halogenated alkanes) is 4. The fourth-order valence-corrected chi connectivity index (χ4v) is 3.29. The van der Waals surface area contributed by atoms with Crippen molar-refractivity contribution in [2.24, 2.45) is 0 Å². The number of rotatable bonds is 11. The molecule has 0 aliphatic heterocycles. The number of aliphatic hydroxyl groups excluding tert-OH is 1. The molecule has 0 saturated heterocycles. The predicted molar refractivity (Wildman–Crippen MR) is 118 cm³/mol. The molecular formula is C22H26ClN3O4. The van der Waals surface area contributed by atoms with Gasteiger partial charge < -0.3 is 25.0 Å². The van der Waals surface area contributed by atoms with Crippen LogP contribution in [0.3, 0.4) is 0 Å². The number of benzene rings is 2. The number of nitrogens with zero attached hydrogens (tertiary/aromatic N) is 2. The molecule has 0 saturated carbocycles. The van der Waals surface area contributed by atoms with Gasteiger partial charge in [0.25, 0.3) is 0 Å². The number of phenolic OH excluding ortho intramolecular Hbond substituents is 1. The van der Waals surface area contributed by atoms with Gasteiger partial charge in [-0.15, -0.1) is 0 Å². The number of hydrogen-bond donors (Lipinski definition) is 3. The lowest BCUT2D eigenvalue weighted by Crippen LogP contribution is -2.02. The molecule has 3 N–H and O–H groups in total. The molecule has 0 unspecified atom stereocenters. The molecule has 0 fully saturated rings. The Kier molecular flexibility index (Phi) is 7.93. The van der Waals surface area contributed by atoms with Crippen LogP contribution in [0, 0.1) is 0 Å². The van der Waals surface area contributed by atoms with E-state index in [1.807, 2.05) is 6.07 Å². The Balaban J connectivity index is 1.75.